The largest absolute Gasteiger partial charge is 0.353 e. The Morgan fingerprint density at radius 2 is 1.90 bits per heavy atom. The van der Waals surface area contributed by atoms with Crippen molar-refractivity contribution in [2.45, 2.75) is 58.2 Å². The zero-order chi connectivity index (χ0) is 20.8. The van der Waals surface area contributed by atoms with E-state index in [0.29, 0.717) is 19.6 Å². The Kier molecular flexibility index (Phi) is 7.67. The minimum atomic E-state index is -0.193. The van der Waals surface area contributed by atoms with Gasteiger partial charge < -0.3 is 10.2 Å². The first-order chi connectivity index (χ1) is 13.9. The molecule has 29 heavy (non-hydrogen) atoms. The summed E-state index contributed by atoms with van der Waals surface area (Å²) in [6.07, 6.45) is 4.91. The van der Waals surface area contributed by atoms with Gasteiger partial charge >= 0.3 is 0 Å². The quantitative estimate of drug-likeness (QED) is 0.794. The maximum absolute atomic E-state index is 12.6. The van der Waals surface area contributed by atoms with E-state index < -0.39 is 0 Å². The average Bonchev–Trinajstić information content (AvgIpc) is 2.96. The summed E-state index contributed by atoms with van der Waals surface area (Å²) in [5.74, 6) is 0.236. The first-order valence-electron chi connectivity index (χ1n) is 11.0. The summed E-state index contributed by atoms with van der Waals surface area (Å²) in [6, 6.07) is 8.35. The highest BCUT2D eigenvalue weighted by atomic mass is 16.2. The molecule has 6 nitrogen and oxygen atoms in total. The van der Waals surface area contributed by atoms with Crippen LogP contribution in [-0.4, -0.2) is 78.4 Å². The molecule has 0 saturated carbocycles. The third-order valence-electron chi connectivity index (χ3n) is 6.23. The molecule has 2 atom stereocenters. The number of aryl methyl sites for hydroxylation is 1. The van der Waals surface area contributed by atoms with Gasteiger partial charge in [-0.1, -0.05) is 42.7 Å². The minimum Gasteiger partial charge on any atom is -0.353 e. The van der Waals surface area contributed by atoms with E-state index in [0.717, 1.165) is 19.6 Å². The number of piperazine rings is 1. The lowest BCUT2D eigenvalue weighted by Gasteiger charge is -2.44. The number of carbonyl (C=O) groups excluding carboxylic acids is 2. The van der Waals surface area contributed by atoms with Gasteiger partial charge in [-0.05, 0) is 45.3 Å². The van der Waals surface area contributed by atoms with Crippen LogP contribution in [0.15, 0.2) is 24.3 Å². The minimum absolute atomic E-state index is 0.0922. The molecule has 0 aromatic heterocycles. The van der Waals surface area contributed by atoms with E-state index >= 15 is 0 Å². The number of likely N-dealkylation sites (tertiary alicyclic amines) is 1. The smallest absolute Gasteiger partial charge is 0.239 e. The molecule has 1 N–H and O–H groups in total. The van der Waals surface area contributed by atoms with E-state index in [1.54, 1.807) is 4.90 Å². The number of hydrogen-bond acceptors (Lipinski definition) is 4. The Labute approximate surface area is 175 Å². The predicted molar refractivity (Wildman–Crippen MR) is 116 cm³/mol. The van der Waals surface area contributed by atoms with E-state index in [1.165, 1.54) is 36.8 Å². The van der Waals surface area contributed by atoms with Crippen molar-refractivity contribution in [1.29, 1.82) is 0 Å². The first-order valence-corrected chi connectivity index (χ1v) is 11.0. The number of carbonyl (C=O) groups is 2. The number of nitrogens with one attached hydrogen (secondary N) is 1. The molecule has 0 bridgehead atoms. The Bertz CT molecular complexity index is 700. The summed E-state index contributed by atoms with van der Waals surface area (Å²) in [7, 11) is 1.86. The maximum atomic E-state index is 12.6. The van der Waals surface area contributed by atoms with Crippen molar-refractivity contribution in [2.24, 2.45) is 0 Å². The Balaban J connectivity index is 1.60. The van der Waals surface area contributed by atoms with Crippen LogP contribution in [0.1, 0.15) is 43.7 Å². The standard InChI is InChI=1S/C23H36N4O2/c1-18-9-8-10-20(13-18)15-27-19(2)23(29)25(3)16-21(27)14-24-22(28)17-26-11-6-4-5-7-12-26/h8-10,13,19,21H,4-7,11-12,14-17H2,1-3H3,(H,24,28)/t19-,21+/m0/s1. The summed E-state index contributed by atoms with van der Waals surface area (Å²) in [4.78, 5) is 31.4. The van der Waals surface area contributed by atoms with Crippen molar-refractivity contribution in [3.63, 3.8) is 0 Å². The van der Waals surface area contributed by atoms with Crippen LogP contribution in [0.4, 0.5) is 0 Å². The van der Waals surface area contributed by atoms with E-state index in [4.69, 9.17) is 0 Å². The maximum Gasteiger partial charge on any atom is 0.239 e. The third-order valence-corrected chi connectivity index (χ3v) is 6.23. The summed E-state index contributed by atoms with van der Waals surface area (Å²) in [5.41, 5.74) is 2.42. The van der Waals surface area contributed by atoms with Crippen molar-refractivity contribution in [1.82, 2.24) is 20.0 Å². The Morgan fingerprint density at radius 1 is 1.17 bits per heavy atom. The van der Waals surface area contributed by atoms with Gasteiger partial charge in [-0.15, -0.1) is 0 Å². The topological polar surface area (TPSA) is 55.9 Å². The van der Waals surface area contributed by atoms with Crippen molar-refractivity contribution in [2.75, 3.05) is 39.8 Å². The molecule has 2 aliphatic rings. The molecule has 2 saturated heterocycles. The van der Waals surface area contributed by atoms with Gasteiger partial charge in [0.1, 0.15) is 0 Å². The van der Waals surface area contributed by atoms with Crippen LogP contribution in [0.3, 0.4) is 0 Å². The van der Waals surface area contributed by atoms with Gasteiger partial charge in [0.2, 0.25) is 11.8 Å². The molecule has 2 aliphatic heterocycles. The molecule has 1 aromatic rings. The molecule has 1 aromatic carbocycles. The van der Waals surface area contributed by atoms with Gasteiger partial charge in [0.25, 0.3) is 0 Å². The molecular weight excluding hydrogens is 364 g/mol. The molecular formula is C23H36N4O2. The second kappa shape index (κ2) is 10.2. The van der Waals surface area contributed by atoms with Crippen LogP contribution < -0.4 is 5.32 Å². The van der Waals surface area contributed by atoms with Crippen LogP contribution in [-0.2, 0) is 16.1 Å². The van der Waals surface area contributed by atoms with Gasteiger partial charge in [0, 0.05) is 32.7 Å². The second-order valence-corrected chi connectivity index (χ2v) is 8.70. The number of amides is 2. The molecule has 2 amide bonds. The highest BCUT2D eigenvalue weighted by molar-refractivity contribution is 5.82. The molecule has 6 heteroatoms. The normalized spacial score (nSPS) is 24.4. The van der Waals surface area contributed by atoms with Gasteiger partial charge in [0.05, 0.1) is 12.6 Å². The lowest BCUT2D eigenvalue weighted by Crippen LogP contribution is -2.62. The van der Waals surface area contributed by atoms with E-state index in [9.17, 15) is 9.59 Å². The van der Waals surface area contributed by atoms with Crippen molar-refractivity contribution < 1.29 is 9.59 Å². The number of likely N-dealkylation sites (N-methyl/N-ethyl adjacent to an activating group) is 1. The molecule has 160 valence electrons. The lowest BCUT2D eigenvalue weighted by atomic mass is 10.0. The van der Waals surface area contributed by atoms with Gasteiger partial charge in [0.15, 0.2) is 0 Å². The molecule has 3 rings (SSSR count). The molecule has 0 radical (unpaired) electrons. The highest BCUT2D eigenvalue weighted by Crippen LogP contribution is 2.20. The summed E-state index contributed by atoms with van der Waals surface area (Å²) in [5, 5.41) is 3.14. The van der Waals surface area contributed by atoms with Crippen LogP contribution >= 0.6 is 0 Å². The van der Waals surface area contributed by atoms with E-state index in [-0.39, 0.29) is 23.9 Å². The number of rotatable bonds is 6. The van der Waals surface area contributed by atoms with Crippen LogP contribution in [0.5, 0.6) is 0 Å². The summed E-state index contributed by atoms with van der Waals surface area (Å²) < 4.78 is 0. The fourth-order valence-electron chi connectivity index (χ4n) is 4.54. The molecule has 0 spiro atoms. The van der Waals surface area contributed by atoms with Crippen LogP contribution in [0, 0.1) is 6.92 Å². The Morgan fingerprint density at radius 3 is 2.59 bits per heavy atom. The molecule has 2 fully saturated rings. The second-order valence-electron chi connectivity index (χ2n) is 8.70. The molecule has 0 aliphatic carbocycles. The number of hydrogen-bond donors (Lipinski definition) is 1. The van der Waals surface area contributed by atoms with Crippen molar-refractivity contribution in [3.8, 4) is 0 Å². The van der Waals surface area contributed by atoms with E-state index in [2.05, 4.69) is 46.3 Å². The number of benzene rings is 1. The fourth-order valence-corrected chi connectivity index (χ4v) is 4.54. The third kappa shape index (κ3) is 6.03. The predicted octanol–water partition coefficient (Wildman–Crippen LogP) is 2.02. The van der Waals surface area contributed by atoms with E-state index in [1.807, 2.05) is 14.0 Å². The van der Waals surface area contributed by atoms with Gasteiger partial charge in [-0.25, -0.2) is 0 Å². The number of nitrogens with zero attached hydrogens (tertiary/aromatic N) is 3. The first kappa shape index (κ1) is 21.8. The SMILES string of the molecule is Cc1cccc(CN2[C@H](CNC(=O)CN3CCCCCC3)CN(C)C(=O)[C@@H]2C)c1. The van der Waals surface area contributed by atoms with Gasteiger partial charge in [-0.2, -0.15) is 0 Å². The van der Waals surface area contributed by atoms with Crippen molar-refractivity contribution >= 4 is 11.8 Å². The molecule has 2 heterocycles. The summed E-state index contributed by atoms with van der Waals surface area (Å²) in [6.45, 7) is 8.50. The zero-order valence-corrected chi connectivity index (χ0v) is 18.2. The summed E-state index contributed by atoms with van der Waals surface area (Å²) >= 11 is 0. The van der Waals surface area contributed by atoms with Gasteiger partial charge in [-0.3, -0.25) is 19.4 Å². The average molecular weight is 401 g/mol. The van der Waals surface area contributed by atoms with Crippen molar-refractivity contribution in [3.05, 3.63) is 35.4 Å². The van der Waals surface area contributed by atoms with Crippen LogP contribution in [0.2, 0.25) is 0 Å². The fraction of sp³-hybridized carbons (Fsp3) is 0.652. The van der Waals surface area contributed by atoms with Crippen LogP contribution in [0.25, 0.3) is 0 Å². The molecule has 0 unspecified atom stereocenters. The monoisotopic (exact) mass is 400 g/mol. The highest BCUT2D eigenvalue weighted by Gasteiger charge is 2.36. The zero-order valence-electron chi connectivity index (χ0n) is 18.2. The lowest BCUT2D eigenvalue weighted by molar-refractivity contribution is -0.143. The Hall–Kier alpha value is -1.92.